The number of aryl methyl sites for hydroxylation is 1. The van der Waals surface area contributed by atoms with E-state index in [-0.39, 0.29) is 29.6 Å². The Hall–Kier alpha value is -3.22. The number of piperidine rings is 1. The normalized spacial score (nSPS) is 20.1. The molecule has 0 radical (unpaired) electrons. The number of nitrogens with zero attached hydrogens (tertiary/aromatic N) is 3. The maximum absolute atomic E-state index is 13.7. The number of rotatable bonds is 5. The summed E-state index contributed by atoms with van der Waals surface area (Å²) in [6.45, 7) is 7.34. The molecule has 3 heterocycles. The average Bonchev–Trinajstić information content (AvgIpc) is 2.82. The van der Waals surface area contributed by atoms with Crippen molar-refractivity contribution in [3.05, 3.63) is 59.3 Å². The average molecular weight is 463 g/mol. The Bertz CT molecular complexity index is 1070. The van der Waals surface area contributed by atoms with Crippen molar-refractivity contribution in [2.45, 2.75) is 59.0 Å². The van der Waals surface area contributed by atoms with Gasteiger partial charge in [0, 0.05) is 38.2 Å². The van der Waals surface area contributed by atoms with Crippen LogP contribution in [0.3, 0.4) is 0 Å². The van der Waals surface area contributed by atoms with Gasteiger partial charge in [0.1, 0.15) is 11.9 Å². The Morgan fingerprint density at radius 2 is 1.85 bits per heavy atom. The first kappa shape index (κ1) is 23.9. The van der Waals surface area contributed by atoms with Crippen LogP contribution in [-0.2, 0) is 27.3 Å². The summed E-state index contributed by atoms with van der Waals surface area (Å²) in [5.41, 5.74) is 3.05. The van der Waals surface area contributed by atoms with E-state index >= 15 is 0 Å². The third-order valence-electron chi connectivity index (χ3n) is 6.68. The fraction of sp³-hybridized carbons (Fsp3) is 0.481. The second kappa shape index (κ2) is 10.4. The minimum atomic E-state index is -0.526. The van der Waals surface area contributed by atoms with Gasteiger partial charge in [-0.1, -0.05) is 44.2 Å². The maximum Gasteiger partial charge on any atom is 0.245 e. The van der Waals surface area contributed by atoms with Crippen LogP contribution in [0.15, 0.2) is 42.5 Å². The van der Waals surface area contributed by atoms with Crippen molar-refractivity contribution in [2.24, 2.45) is 11.8 Å². The molecule has 7 heteroatoms. The molecule has 2 aliphatic rings. The van der Waals surface area contributed by atoms with E-state index in [0.717, 1.165) is 29.7 Å². The van der Waals surface area contributed by atoms with Gasteiger partial charge in [-0.15, -0.1) is 0 Å². The zero-order chi connectivity index (χ0) is 24.2. The molecule has 34 heavy (non-hydrogen) atoms. The molecule has 180 valence electrons. The first-order chi connectivity index (χ1) is 16.3. The van der Waals surface area contributed by atoms with E-state index in [9.17, 15) is 14.4 Å². The molecule has 7 nitrogen and oxygen atoms in total. The van der Waals surface area contributed by atoms with Gasteiger partial charge in [0.25, 0.3) is 0 Å². The number of fused-ring (bicyclic) bond motifs is 1. The van der Waals surface area contributed by atoms with Crippen LogP contribution in [0.1, 0.15) is 49.9 Å². The van der Waals surface area contributed by atoms with Crippen molar-refractivity contribution in [3.63, 3.8) is 0 Å². The SMILES string of the molecule is Cc1cccc(NC(=O)C2CCCN(C(=O)C3Cc4ccccc4CN3C(=O)CC(C)C)C2)n1. The van der Waals surface area contributed by atoms with Gasteiger partial charge in [0.05, 0.1) is 5.92 Å². The summed E-state index contributed by atoms with van der Waals surface area (Å²) in [7, 11) is 0. The first-order valence-electron chi connectivity index (χ1n) is 12.2. The number of likely N-dealkylation sites (tertiary alicyclic amines) is 1. The van der Waals surface area contributed by atoms with Gasteiger partial charge in [0.2, 0.25) is 17.7 Å². The monoisotopic (exact) mass is 462 g/mol. The predicted molar refractivity (Wildman–Crippen MR) is 131 cm³/mol. The predicted octanol–water partition coefficient (Wildman–Crippen LogP) is 3.57. The molecule has 2 unspecified atom stereocenters. The second-order valence-corrected chi connectivity index (χ2v) is 9.89. The van der Waals surface area contributed by atoms with Gasteiger partial charge in [-0.25, -0.2) is 4.98 Å². The second-order valence-electron chi connectivity index (χ2n) is 9.89. The quantitative estimate of drug-likeness (QED) is 0.737. The van der Waals surface area contributed by atoms with Gasteiger partial charge in [-0.3, -0.25) is 14.4 Å². The number of hydrogen-bond acceptors (Lipinski definition) is 4. The molecule has 0 bridgehead atoms. The topological polar surface area (TPSA) is 82.6 Å². The largest absolute Gasteiger partial charge is 0.340 e. The van der Waals surface area contributed by atoms with Crippen LogP contribution in [0.25, 0.3) is 0 Å². The molecule has 3 amide bonds. The van der Waals surface area contributed by atoms with Crippen LogP contribution in [0, 0.1) is 18.8 Å². The molecule has 1 N–H and O–H groups in total. The number of carbonyl (C=O) groups is 3. The van der Waals surface area contributed by atoms with Gasteiger partial charge in [0.15, 0.2) is 0 Å². The van der Waals surface area contributed by atoms with Gasteiger partial charge in [-0.2, -0.15) is 0 Å². The minimum Gasteiger partial charge on any atom is -0.340 e. The zero-order valence-electron chi connectivity index (χ0n) is 20.3. The molecule has 0 spiro atoms. The summed E-state index contributed by atoms with van der Waals surface area (Å²) >= 11 is 0. The minimum absolute atomic E-state index is 0.0136. The van der Waals surface area contributed by atoms with E-state index in [4.69, 9.17) is 0 Å². The molecule has 1 fully saturated rings. The van der Waals surface area contributed by atoms with Crippen LogP contribution in [0.4, 0.5) is 5.82 Å². The lowest BCUT2D eigenvalue weighted by atomic mass is 9.91. The molecule has 1 saturated heterocycles. The van der Waals surface area contributed by atoms with E-state index in [0.29, 0.717) is 38.3 Å². The lowest BCUT2D eigenvalue weighted by molar-refractivity contribution is -0.149. The molecule has 0 saturated carbocycles. The van der Waals surface area contributed by atoms with Crippen LogP contribution in [0.5, 0.6) is 0 Å². The van der Waals surface area contributed by atoms with Crippen molar-refractivity contribution in [1.82, 2.24) is 14.8 Å². The Kier molecular flexibility index (Phi) is 7.29. The summed E-state index contributed by atoms with van der Waals surface area (Å²) in [6, 6.07) is 13.0. The van der Waals surface area contributed by atoms with Crippen molar-refractivity contribution >= 4 is 23.5 Å². The molecule has 1 aromatic heterocycles. The number of pyridine rings is 1. The first-order valence-corrected chi connectivity index (χ1v) is 12.2. The maximum atomic E-state index is 13.7. The van der Waals surface area contributed by atoms with E-state index < -0.39 is 6.04 Å². The number of hydrogen-bond donors (Lipinski definition) is 1. The van der Waals surface area contributed by atoms with Crippen molar-refractivity contribution in [1.29, 1.82) is 0 Å². The molecule has 2 atom stereocenters. The highest BCUT2D eigenvalue weighted by Crippen LogP contribution is 2.28. The number of carbonyl (C=O) groups excluding carboxylic acids is 3. The zero-order valence-corrected chi connectivity index (χ0v) is 20.3. The number of aromatic nitrogens is 1. The number of anilines is 1. The molecule has 2 aromatic rings. The standard InChI is InChI=1S/C27H34N4O3/c1-18(2)14-25(32)31-17-21-10-5-4-9-20(21)15-23(31)27(34)30-13-7-11-22(16-30)26(33)29-24-12-6-8-19(3)28-24/h4-6,8-10,12,18,22-23H,7,11,13-17H2,1-3H3,(H,28,29,33). The van der Waals surface area contributed by atoms with Crippen LogP contribution in [0.2, 0.25) is 0 Å². The lowest BCUT2D eigenvalue weighted by Gasteiger charge is -2.41. The highest BCUT2D eigenvalue weighted by Gasteiger charge is 2.39. The molecular weight excluding hydrogens is 428 g/mol. The summed E-state index contributed by atoms with van der Waals surface area (Å²) < 4.78 is 0. The summed E-state index contributed by atoms with van der Waals surface area (Å²) in [5, 5.41) is 2.90. The van der Waals surface area contributed by atoms with E-state index in [1.54, 1.807) is 15.9 Å². The van der Waals surface area contributed by atoms with E-state index in [1.165, 1.54) is 0 Å². The van der Waals surface area contributed by atoms with Crippen LogP contribution >= 0.6 is 0 Å². The summed E-state index contributed by atoms with van der Waals surface area (Å²) in [5.74, 6) is 0.298. The van der Waals surface area contributed by atoms with Gasteiger partial charge < -0.3 is 15.1 Å². The highest BCUT2D eigenvalue weighted by molar-refractivity contribution is 5.93. The van der Waals surface area contributed by atoms with E-state index in [2.05, 4.69) is 10.3 Å². The number of nitrogens with one attached hydrogen (secondary N) is 1. The van der Waals surface area contributed by atoms with Crippen LogP contribution < -0.4 is 5.32 Å². The molecule has 1 aromatic carbocycles. The fourth-order valence-electron chi connectivity index (χ4n) is 4.92. The third kappa shape index (κ3) is 5.46. The molecular formula is C27H34N4O3. The lowest BCUT2D eigenvalue weighted by Crippen LogP contribution is -2.56. The van der Waals surface area contributed by atoms with Gasteiger partial charge >= 0.3 is 0 Å². The third-order valence-corrected chi connectivity index (χ3v) is 6.68. The molecule has 4 rings (SSSR count). The number of amides is 3. The Morgan fingerprint density at radius 3 is 2.59 bits per heavy atom. The van der Waals surface area contributed by atoms with E-state index in [1.807, 2.05) is 57.2 Å². The highest BCUT2D eigenvalue weighted by atomic mass is 16.2. The van der Waals surface area contributed by atoms with Crippen molar-refractivity contribution in [2.75, 3.05) is 18.4 Å². The Balaban J connectivity index is 1.49. The van der Waals surface area contributed by atoms with Gasteiger partial charge in [-0.05, 0) is 48.9 Å². The fourth-order valence-corrected chi connectivity index (χ4v) is 4.92. The van der Waals surface area contributed by atoms with Crippen LogP contribution in [-0.4, -0.2) is 51.6 Å². The smallest absolute Gasteiger partial charge is 0.245 e. The summed E-state index contributed by atoms with van der Waals surface area (Å²) in [6.07, 6.45) is 2.42. The molecule has 2 aliphatic heterocycles. The number of benzene rings is 1. The Morgan fingerprint density at radius 1 is 1.09 bits per heavy atom. The Labute approximate surface area is 201 Å². The van der Waals surface area contributed by atoms with Crippen molar-refractivity contribution in [3.8, 4) is 0 Å². The van der Waals surface area contributed by atoms with Crippen molar-refractivity contribution < 1.29 is 14.4 Å². The summed E-state index contributed by atoms with van der Waals surface area (Å²) in [4.78, 5) is 47.6. The molecule has 0 aliphatic carbocycles.